The molecular formula is C18H26O4S. The molecule has 5 heteroatoms. The lowest BCUT2D eigenvalue weighted by Gasteiger charge is -2.21. The van der Waals surface area contributed by atoms with E-state index in [2.05, 4.69) is 0 Å². The summed E-state index contributed by atoms with van der Waals surface area (Å²) in [5.41, 5.74) is 1.04. The first-order valence-corrected chi connectivity index (χ1v) is 9.98. The molecule has 0 N–H and O–H groups in total. The van der Waals surface area contributed by atoms with Gasteiger partial charge in [0.1, 0.15) is 6.10 Å². The third kappa shape index (κ3) is 4.80. The van der Waals surface area contributed by atoms with Gasteiger partial charge >= 0.3 is 5.97 Å². The van der Waals surface area contributed by atoms with Gasteiger partial charge in [-0.05, 0) is 44.7 Å². The summed E-state index contributed by atoms with van der Waals surface area (Å²) in [7, 11) is -3.37. The average molecular weight is 338 g/mol. The van der Waals surface area contributed by atoms with Gasteiger partial charge in [0.2, 0.25) is 0 Å². The van der Waals surface area contributed by atoms with E-state index in [1.807, 2.05) is 26.0 Å². The van der Waals surface area contributed by atoms with Crippen LogP contribution in [0.1, 0.15) is 57.4 Å². The Bertz CT molecular complexity index is 619. The normalized spacial score (nSPS) is 22.3. The summed E-state index contributed by atoms with van der Waals surface area (Å²) in [6.07, 6.45) is 4.44. The van der Waals surface area contributed by atoms with Crippen molar-refractivity contribution in [2.45, 2.75) is 75.0 Å². The second kappa shape index (κ2) is 7.95. The zero-order chi connectivity index (χ0) is 16.9. The second-order valence-electron chi connectivity index (χ2n) is 6.36. The maximum absolute atomic E-state index is 12.9. The third-order valence-corrected chi connectivity index (χ3v) is 6.60. The standard InChI is InChI=1S/C18H26O4S/c1-3-6-18(19)22-15-7-4-5-8-17(13-15)23(20,21)16-11-9-14(2)10-12-16/h9-12,15,17H,3-8,13H2,1-2H3/t15-,17+/m0/s1. The highest BCUT2D eigenvalue weighted by molar-refractivity contribution is 7.92. The Morgan fingerprint density at radius 3 is 2.48 bits per heavy atom. The lowest BCUT2D eigenvalue weighted by molar-refractivity contribution is -0.149. The Balaban J connectivity index is 2.13. The maximum atomic E-state index is 12.9. The molecule has 1 aromatic rings. The Hall–Kier alpha value is -1.36. The van der Waals surface area contributed by atoms with Crippen molar-refractivity contribution in [1.29, 1.82) is 0 Å². The lowest BCUT2D eigenvalue weighted by atomic mass is 10.1. The smallest absolute Gasteiger partial charge is 0.306 e. The highest BCUT2D eigenvalue weighted by Crippen LogP contribution is 2.29. The molecule has 0 unspecified atom stereocenters. The summed E-state index contributed by atoms with van der Waals surface area (Å²) >= 11 is 0. The summed E-state index contributed by atoms with van der Waals surface area (Å²) in [4.78, 5) is 12.1. The van der Waals surface area contributed by atoms with Gasteiger partial charge in [0.25, 0.3) is 0 Å². The van der Waals surface area contributed by atoms with Crippen LogP contribution in [0.25, 0.3) is 0 Å². The zero-order valence-electron chi connectivity index (χ0n) is 14.0. The minimum Gasteiger partial charge on any atom is -0.462 e. The van der Waals surface area contributed by atoms with Crippen molar-refractivity contribution >= 4 is 15.8 Å². The van der Waals surface area contributed by atoms with E-state index in [0.717, 1.165) is 31.2 Å². The van der Waals surface area contributed by atoms with Crippen LogP contribution in [-0.2, 0) is 19.4 Å². The van der Waals surface area contributed by atoms with Gasteiger partial charge in [0.15, 0.2) is 9.84 Å². The molecule has 1 aliphatic carbocycles. The van der Waals surface area contributed by atoms with Crippen LogP contribution in [-0.4, -0.2) is 25.7 Å². The molecule has 0 saturated heterocycles. The number of sulfone groups is 1. The van der Waals surface area contributed by atoms with Gasteiger partial charge in [0, 0.05) is 12.8 Å². The number of carbonyl (C=O) groups is 1. The first-order chi connectivity index (χ1) is 10.9. The van der Waals surface area contributed by atoms with Gasteiger partial charge in [-0.25, -0.2) is 8.42 Å². The number of hydrogen-bond acceptors (Lipinski definition) is 4. The van der Waals surface area contributed by atoms with Crippen molar-refractivity contribution in [3.63, 3.8) is 0 Å². The Labute approximate surface area is 139 Å². The van der Waals surface area contributed by atoms with Crippen LogP contribution in [0.2, 0.25) is 0 Å². The van der Waals surface area contributed by atoms with Gasteiger partial charge in [-0.1, -0.05) is 31.0 Å². The molecule has 1 fully saturated rings. The van der Waals surface area contributed by atoms with E-state index >= 15 is 0 Å². The van der Waals surface area contributed by atoms with Crippen molar-refractivity contribution in [3.8, 4) is 0 Å². The molecule has 0 amide bonds. The van der Waals surface area contributed by atoms with Crippen LogP contribution in [0.5, 0.6) is 0 Å². The molecule has 0 heterocycles. The summed E-state index contributed by atoms with van der Waals surface area (Å²) < 4.78 is 31.2. The summed E-state index contributed by atoms with van der Waals surface area (Å²) in [5.74, 6) is -0.217. The monoisotopic (exact) mass is 338 g/mol. The summed E-state index contributed by atoms with van der Waals surface area (Å²) in [5, 5.41) is -0.466. The largest absolute Gasteiger partial charge is 0.462 e. The van der Waals surface area contributed by atoms with Gasteiger partial charge < -0.3 is 4.74 Å². The molecule has 0 radical (unpaired) electrons. The van der Waals surface area contributed by atoms with Crippen LogP contribution in [0.15, 0.2) is 29.2 Å². The first-order valence-electron chi connectivity index (χ1n) is 8.43. The molecule has 0 aliphatic heterocycles. The fourth-order valence-electron chi connectivity index (χ4n) is 3.03. The van der Waals surface area contributed by atoms with Crippen molar-refractivity contribution in [1.82, 2.24) is 0 Å². The molecule has 2 atom stereocenters. The topological polar surface area (TPSA) is 60.4 Å². The number of hydrogen-bond donors (Lipinski definition) is 0. The van der Waals surface area contributed by atoms with Crippen molar-refractivity contribution in [3.05, 3.63) is 29.8 Å². The van der Waals surface area contributed by atoms with E-state index in [4.69, 9.17) is 4.74 Å². The summed E-state index contributed by atoms with van der Waals surface area (Å²) in [6, 6.07) is 6.99. The Kier molecular flexibility index (Phi) is 6.22. The van der Waals surface area contributed by atoms with Crippen LogP contribution < -0.4 is 0 Å². The SMILES string of the molecule is CCCC(=O)O[C@H]1CCCC[C@@H](S(=O)(=O)c2ccc(C)cc2)C1. The van der Waals surface area contributed by atoms with E-state index in [9.17, 15) is 13.2 Å². The highest BCUT2D eigenvalue weighted by atomic mass is 32.2. The minimum atomic E-state index is -3.37. The van der Waals surface area contributed by atoms with E-state index in [-0.39, 0.29) is 12.1 Å². The Morgan fingerprint density at radius 2 is 1.83 bits per heavy atom. The van der Waals surface area contributed by atoms with Crippen molar-refractivity contribution < 1.29 is 17.9 Å². The van der Waals surface area contributed by atoms with Gasteiger partial charge in [-0.15, -0.1) is 0 Å². The number of carbonyl (C=O) groups excluding carboxylic acids is 1. The van der Waals surface area contributed by atoms with Crippen LogP contribution in [0, 0.1) is 6.92 Å². The molecule has 2 rings (SSSR count). The fourth-order valence-corrected chi connectivity index (χ4v) is 4.88. The first kappa shape index (κ1) is 18.0. The fraction of sp³-hybridized carbons (Fsp3) is 0.611. The number of benzene rings is 1. The second-order valence-corrected chi connectivity index (χ2v) is 8.59. The molecular weight excluding hydrogens is 312 g/mol. The molecule has 0 spiro atoms. The predicted molar refractivity (Wildman–Crippen MR) is 90.0 cm³/mol. The highest BCUT2D eigenvalue weighted by Gasteiger charge is 2.32. The molecule has 0 bridgehead atoms. The van der Waals surface area contributed by atoms with E-state index in [1.54, 1.807) is 12.1 Å². The number of aryl methyl sites for hydroxylation is 1. The third-order valence-electron chi connectivity index (χ3n) is 4.37. The molecule has 1 aromatic carbocycles. The molecule has 4 nitrogen and oxygen atoms in total. The number of rotatable bonds is 5. The van der Waals surface area contributed by atoms with E-state index in [1.165, 1.54) is 0 Å². The van der Waals surface area contributed by atoms with Crippen molar-refractivity contribution in [2.75, 3.05) is 0 Å². The van der Waals surface area contributed by atoms with Crippen LogP contribution in [0.4, 0.5) is 0 Å². The maximum Gasteiger partial charge on any atom is 0.306 e. The van der Waals surface area contributed by atoms with Crippen molar-refractivity contribution in [2.24, 2.45) is 0 Å². The average Bonchev–Trinajstić information content (AvgIpc) is 2.74. The molecule has 1 saturated carbocycles. The van der Waals surface area contributed by atoms with Gasteiger partial charge in [-0.3, -0.25) is 4.79 Å². The summed E-state index contributed by atoms with van der Waals surface area (Å²) in [6.45, 7) is 3.87. The van der Waals surface area contributed by atoms with Crippen LogP contribution >= 0.6 is 0 Å². The number of ether oxygens (including phenoxy) is 1. The minimum absolute atomic E-state index is 0.217. The molecule has 128 valence electrons. The van der Waals surface area contributed by atoms with Gasteiger partial charge in [-0.2, -0.15) is 0 Å². The Morgan fingerprint density at radius 1 is 1.17 bits per heavy atom. The number of esters is 1. The molecule has 0 aromatic heterocycles. The predicted octanol–water partition coefficient (Wildman–Crippen LogP) is 3.81. The zero-order valence-corrected chi connectivity index (χ0v) is 14.8. The quantitative estimate of drug-likeness (QED) is 0.605. The molecule has 23 heavy (non-hydrogen) atoms. The molecule has 1 aliphatic rings. The van der Waals surface area contributed by atoms with E-state index in [0.29, 0.717) is 24.2 Å². The van der Waals surface area contributed by atoms with Crippen LogP contribution in [0.3, 0.4) is 0 Å². The van der Waals surface area contributed by atoms with Gasteiger partial charge in [0.05, 0.1) is 10.1 Å². The lowest BCUT2D eigenvalue weighted by Crippen LogP contribution is -2.27. The van der Waals surface area contributed by atoms with E-state index < -0.39 is 15.1 Å².